The maximum atomic E-state index is 12.8. The molecule has 3 rings (SSSR count). The van der Waals surface area contributed by atoms with E-state index < -0.39 is 11.9 Å². The highest BCUT2D eigenvalue weighted by Gasteiger charge is 2.17. The van der Waals surface area contributed by atoms with Crippen molar-refractivity contribution in [1.82, 2.24) is 14.9 Å². The van der Waals surface area contributed by atoms with Crippen LogP contribution < -0.4 is 16.2 Å². The second-order valence-corrected chi connectivity index (χ2v) is 9.14. The van der Waals surface area contributed by atoms with Crippen molar-refractivity contribution in [3.05, 3.63) is 50.1 Å². The normalized spacial score (nSPS) is 11.0. The standard InChI is InChI=1S/C21H24N4O3S2/c1-6-25-19(27)17-13(4)14(5)30-18(17)24-21(25)29-10-16(26)23-20(28)22-15-8-7-11(2)12(3)9-15/h7-9H,6,10H2,1-5H3,(H2,22,23,26,28). The highest BCUT2D eigenvalue weighted by atomic mass is 32.2. The number of thioether (sulfide) groups is 1. The Labute approximate surface area is 182 Å². The van der Waals surface area contributed by atoms with E-state index >= 15 is 0 Å². The van der Waals surface area contributed by atoms with E-state index in [9.17, 15) is 14.4 Å². The fraction of sp³-hybridized carbons (Fsp3) is 0.333. The maximum absolute atomic E-state index is 12.8. The van der Waals surface area contributed by atoms with Crippen molar-refractivity contribution in [2.75, 3.05) is 11.1 Å². The first kappa shape index (κ1) is 22.0. The third kappa shape index (κ3) is 4.57. The molecule has 1 aromatic carbocycles. The Morgan fingerprint density at radius 1 is 1.17 bits per heavy atom. The number of rotatable bonds is 5. The van der Waals surface area contributed by atoms with Crippen molar-refractivity contribution >= 4 is 50.9 Å². The summed E-state index contributed by atoms with van der Waals surface area (Å²) >= 11 is 2.62. The van der Waals surface area contributed by atoms with Crippen LogP contribution in [0.2, 0.25) is 0 Å². The molecule has 0 aliphatic heterocycles. The van der Waals surface area contributed by atoms with Crippen LogP contribution >= 0.6 is 23.1 Å². The minimum Gasteiger partial charge on any atom is -0.308 e. The van der Waals surface area contributed by atoms with Gasteiger partial charge in [0.2, 0.25) is 5.91 Å². The minimum atomic E-state index is -0.593. The van der Waals surface area contributed by atoms with Crippen LogP contribution in [0.3, 0.4) is 0 Å². The first-order valence-corrected chi connectivity index (χ1v) is 11.3. The van der Waals surface area contributed by atoms with Gasteiger partial charge in [0, 0.05) is 17.1 Å². The number of carbonyl (C=O) groups excluding carboxylic acids is 2. The van der Waals surface area contributed by atoms with Crippen molar-refractivity contribution in [3.8, 4) is 0 Å². The number of benzene rings is 1. The Morgan fingerprint density at radius 3 is 2.57 bits per heavy atom. The lowest BCUT2D eigenvalue weighted by molar-refractivity contribution is -0.117. The van der Waals surface area contributed by atoms with E-state index in [-0.39, 0.29) is 11.3 Å². The highest BCUT2D eigenvalue weighted by Crippen LogP contribution is 2.28. The van der Waals surface area contributed by atoms with Gasteiger partial charge in [0.15, 0.2) is 5.16 Å². The summed E-state index contributed by atoms with van der Waals surface area (Å²) in [6.45, 7) is 10.1. The van der Waals surface area contributed by atoms with Crippen LogP contribution in [0.4, 0.5) is 10.5 Å². The predicted molar refractivity (Wildman–Crippen MR) is 123 cm³/mol. The number of aryl methyl sites for hydroxylation is 4. The van der Waals surface area contributed by atoms with Gasteiger partial charge in [-0.25, -0.2) is 9.78 Å². The zero-order chi connectivity index (χ0) is 22.0. The van der Waals surface area contributed by atoms with Crippen LogP contribution in [-0.2, 0) is 11.3 Å². The molecule has 3 amide bonds. The fourth-order valence-corrected chi connectivity index (χ4v) is 4.91. The molecule has 2 N–H and O–H groups in total. The molecule has 2 aromatic heterocycles. The molecule has 7 nitrogen and oxygen atoms in total. The molecule has 0 bridgehead atoms. The summed E-state index contributed by atoms with van der Waals surface area (Å²) in [4.78, 5) is 43.5. The van der Waals surface area contributed by atoms with Crippen molar-refractivity contribution in [3.63, 3.8) is 0 Å². The van der Waals surface area contributed by atoms with Gasteiger partial charge < -0.3 is 5.32 Å². The third-order valence-electron chi connectivity index (χ3n) is 4.92. The Hall–Kier alpha value is -2.65. The molecule has 0 saturated heterocycles. The number of fused-ring (bicyclic) bond motifs is 1. The molecule has 0 aliphatic carbocycles. The summed E-state index contributed by atoms with van der Waals surface area (Å²) in [6, 6.07) is 4.94. The van der Waals surface area contributed by atoms with Gasteiger partial charge in [0.05, 0.1) is 11.1 Å². The summed E-state index contributed by atoms with van der Waals surface area (Å²) in [7, 11) is 0. The second-order valence-electron chi connectivity index (χ2n) is 7.00. The molecule has 0 radical (unpaired) electrons. The molecule has 158 valence electrons. The number of hydrogen-bond donors (Lipinski definition) is 2. The molecule has 0 fully saturated rings. The van der Waals surface area contributed by atoms with E-state index in [2.05, 4.69) is 15.6 Å². The Morgan fingerprint density at radius 2 is 1.90 bits per heavy atom. The minimum absolute atomic E-state index is 0.0262. The van der Waals surface area contributed by atoms with Crippen LogP contribution in [0.5, 0.6) is 0 Å². The van der Waals surface area contributed by atoms with Crippen LogP contribution in [0.1, 0.15) is 28.5 Å². The van der Waals surface area contributed by atoms with E-state index in [1.807, 2.05) is 46.8 Å². The molecule has 0 saturated carbocycles. The molecule has 9 heteroatoms. The molecular formula is C21H24N4O3S2. The van der Waals surface area contributed by atoms with Crippen molar-refractivity contribution in [1.29, 1.82) is 0 Å². The summed E-state index contributed by atoms with van der Waals surface area (Å²) in [5.74, 6) is -0.487. The van der Waals surface area contributed by atoms with E-state index in [1.165, 1.54) is 11.3 Å². The van der Waals surface area contributed by atoms with Gasteiger partial charge in [0.25, 0.3) is 5.56 Å². The van der Waals surface area contributed by atoms with Crippen molar-refractivity contribution < 1.29 is 9.59 Å². The molecule has 3 aromatic rings. The van der Waals surface area contributed by atoms with E-state index in [0.29, 0.717) is 27.6 Å². The quantitative estimate of drug-likeness (QED) is 0.455. The summed E-state index contributed by atoms with van der Waals surface area (Å²) < 4.78 is 1.56. The van der Waals surface area contributed by atoms with Gasteiger partial charge >= 0.3 is 6.03 Å². The molecule has 2 heterocycles. The summed E-state index contributed by atoms with van der Waals surface area (Å²) in [6.07, 6.45) is 0. The summed E-state index contributed by atoms with van der Waals surface area (Å²) in [5, 5.41) is 6.08. The van der Waals surface area contributed by atoms with Gasteiger partial charge in [-0.2, -0.15) is 0 Å². The van der Waals surface area contributed by atoms with Gasteiger partial charge in [0.1, 0.15) is 4.83 Å². The lowest BCUT2D eigenvalue weighted by atomic mass is 10.1. The number of amides is 3. The van der Waals surface area contributed by atoms with Crippen LogP contribution in [-0.4, -0.2) is 27.2 Å². The number of imide groups is 1. The number of urea groups is 1. The average Bonchev–Trinajstić information content (AvgIpc) is 2.97. The lowest BCUT2D eigenvalue weighted by Crippen LogP contribution is -2.35. The molecular weight excluding hydrogens is 420 g/mol. The van der Waals surface area contributed by atoms with E-state index in [0.717, 1.165) is 33.3 Å². The molecule has 0 aliphatic rings. The predicted octanol–water partition coefficient (Wildman–Crippen LogP) is 4.15. The Kier molecular flexibility index (Phi) is 6.62. The Bertz CT molecular complexity index is 1200. The van der Waals surface area contributed by atoms with Crippen LogP contribution in [0, 0.1) is 27.7 Å². The number of nitrogens with one attached hydrogen (secondary N) is 2. The lowest BCUT2D eigenvalue weighted by Gasteiger charge is -2.11. The maximum Gasteiger partial charge on any atom is 0.325 e. The second kappa shape index (κ2) is 9.01. The van der Waals surface area contributed by atoms with Crippen LogP contribution in [0.25, 0.3) is 10.2 Å². The molecule has 0 unspecified atom stereocenters. The van der Waals surface area contributed by atoms with Gasteiger partial charge in [-0.15, -0.1) is 11.3 Å². The smallest absolute Gasteiger partial charge is 0.308 e. The van der Waals surface area contributed by atoms with Crippen LogP contribution in [0.15, 0.2) is 28.2 Å². The number of hydrogen-bond acceptors (Lipinski definition) is 6. The molecule has 30 heavy (non-hydrogen) atoms. The topological polar surface area (TPSA) is 93.1 Å². The van der Waals surface area contributed by atoms with Gasteiger partial charge in [-0.3, -0.25) is 19.5 Å². The number of aromatic nitrogens is 2. The van der Waals surface area contributed by atoms with Crippen molar-refractivity contribution in [2.24, 2.45) is 0 Å². The zero-order valence-corrected chi connectivity index (χ0v) is 19.2. The van der Waals surface area contributed by atoms with Crippen molar-refractivity contribution in [2.45, 2.75) is 46.3 Å². The number of thiophene rings is 1. The molecule has 0 spiro atoms. The summed E-state index contributed by atoms with van der Waals surface area (Å²) in [5.41, 5.74) is 3.64. The third-order valence-corrected chi connectivity index (χ3v) is 7.00. The SMILES string of the molecule is CCn1c(SCC(=O)NC(=O)Nc2ccc(C)c(C)c2)nc2sc(C)c(C)c2c1=O. The monoisotopic (exact) mass is 444 g/mol. The van der Waals surface area contributed by atoms with E-state index in [4.69, 9.17) is 0 Å². The van der Waals surface area contributed by atoms with Gasteiger partial charge in [-0.1, -0.05) is 17.8 Å². The largest absolute Gasteiger partial charge is 0.325 e. The number of nitrogens with zero attached hydrogens (tertiary/aromatic N) is 2. The first-order valence-electron chi connectivity index (χ1n) is 9.52. The highest BCUT2D eigenvalue weighted by molar-refractivity contribution is 7.99. The average molecular weight is 445 g/mol. The zero-order valence-electron chi connectivity index (χ0n) is 17.6. The molecule has 0 atom stereocenters. The fourth-order valence-electron chi connectivity index (χ4n) is 2.97. The first-order chi connectivity index (χ1) is 14.2. The number of carbonyl (C=O) groups is 2. The Balaban J connectivity index is 1.68. The number of anilines is 1. The van der Waals surface area contributed by atoms with Gasteiger partial charge in [-0.05, 0) is 63.4 Å². The van der Waals surface area contributed by atoms with E-state index in [1.54, 1.807) is 10.6 Å².